The van der Waals surface area contributed by atoms with E-state index in [9.17, 15) is 9.90 Å². The third kappa shape index (κ3) is 3.18. The fourth-order valence-electron chi connectivity index (χ4n) is 2.28. The summed E-state index contributed by atoms with van der Waals surface area (Å²) in [5, 5.41) is 12.9. The Kier molecular flexibility index (Phi) is 4.41. The lowest BCUT2D eigenvalue weighted by Crippen LogP contribution is -2.47. The van der Waals surface area contributed by atoms with Crippen molar-refractivity contribution in [2.24, 2.45) is 0 Å². The van der Waals surface area contributed by atoms with Gasteiger partial charge in [0.1, 0.15) is 5.54 Å². The van der Waals surface area contributed by atoms with E-state index in [-0.39, 0.29) is 0 Å². The molecule has 0 saturated heterocycles. The lowest BCUT2D eigenvalue weighted by molar-refractivity contribution is -0.142. The zero-order valence-electron chi connectivity index (χ0n) is 11.5. The predicted octanol–water partition coefficient (Wildman–Crippen LogP) is 3.57. The van der Waals surface area contributed by atoms with Crippen molar-refractivity contribution in [3.63, 3.8) is 0 Å². The Bertz CT molecular complexity index is 510. The number of rotatable bonds is 6. The van der Waals surface area contributed by atoms with E-state index in [4.69, 9.17) is 0 Å². The fraction of sp³-hybridized carbons (Fsp3) is 0.235. The maximum absolute atomic E-state index is 11.8. The fourth-order valence-corrected chi connectivity index (χ4v) is 2.28. The van der Waals surface area contributed by atoms with Gasteiger partial charge in [-0.05, 0) is 24.1 Å². The van der Waals surface area contributed by atoms with Gasteiger partial charge in [0.25, 0.3) is 0 Å². The van der Waals surface area contributed by atoms with Gasteiger partial charge < -0.3 is 10.4 Å². The van der Waals surface area contributed by atoms with Crippen LogP contribution >= 0.6 is 0 Å². The Balaban J connectivity index is 2.28. The molecule has 2 aromatic rings. The van der Waals surface area contributed by atoms with Crippen LogP contribution in [0.2, 0.25) is 0 Å². The number of carbonyl (C=O) groups is 1. The lowest BCUT2D eigenvalue weighted by Gasteiger charge is -2.30. The van der Waals surface area contributed by atoms with Crippen molar-refractivity contribution in [2.75, 3.05) is 5.32 Å². The number of nitrogens with one attached hydrogen (secondary N) is 1. The van der Waals surface area contributed by atoms with Gasteiger partial charge in [-0.3, -0.25) is 0 Å². The lowest BCUT2D eigenvalue weighted by atomic mass is 9.87. The number of aliphatic carboxylic acids is 1. The van der Waals surface area contributed by atoms with Crippen LogP contribution in [-0.4, -0.2) is 16.6 Å². The molecule has 3 heteroatoms. The Labute approximate surface area is 119 Å². The second-order valence-corrected chi connectivity index (χ2v) is 4.89. The third-order valence-electron chi connectivity index (χ3n) is 3.52. The number of anilines is 1. The van der Waals surface area contributed by atoms with Gasteiger partial charge >= 0.3 is 5.97 Å². The van der Waals surface area contributed by atoms with Gasteiger partial charge in [-0.25, -0.2) is 4.79 Å². The van der Waals surface area contributed by atoms with Gasteiger partial charge in [0.05, 0.1) is 0 Å². The highest BCUT2D eigenvalue weighted by Crippen LogP contribution is 2.24. The van der Waals surface area contributed by atoms with E-state index in [2.05, 4.69) is 5.32 Å². The summed E-state index contributed by atoms with van der Waals surface area (Å²) in [6.45, 7) is 1.90. The molecule has 0 aliphatic carbocycles. The highest BCUT2D eigenvalue weighted by Gasteiger charge is 2.36. The number of benzene rings is 2. The maximum atomic E-state index is 11.8. The zero-order chi connectivity index (χ0) is 14.4. The van der Waals surface area contributed by atoms with Gasteiger partial charge in [0, 0.05) is 12.1 Å². The number of hydrogen-bond donors (Lipinski definition) is 2. The predicted molar refractivity (Wildman–Crippen MR) is 80.9 cm³/mol. The summed E-state index contributed by atoms with van der Waals surface area (Å²) < 4.78 is 0. The zero-order valence-corrected chi connectivity index (χ0v) is 11.5. The Morgan fingerprint density at radius 3 is 2.10 bits per heavy atom. The van der Waals surface area contributed by atoms with Crippen LogP contribution in [0.5, 0.6) is 0 Å². The van der Waals surface area contributed by atoms with Crippen LogP contribution < -0.4 is 5.32 Å². The average molecular weight is 269 g/mol. The molecule has 2 rings (SSSR count). The molecule has 0 aliphatic rings. The first-order valence-electron chi connectivity index (χ1n) is 6.77. The Morgan fingerprint density at radius 2 is 1.60 bits per heavy atom. The molecule has 20 heavy (non-hydrogen) atoms. The molecule has 2 aromatic carbocycles. The second kappa shape index (κ2) is 6.24. The van der Waals surface area contributed by atoms with Gasteiger partial charge in [-0.2, -0.15) is 0 Å². The molecule has 0 saturated carbocycles. The summed E-state index contributed by atoms with van der Waals surface area (Å²) in [5.74, 6) is -0.826. The largest absolute Gasteiger partial charge is 0.479 e. The summed E-state index contributed by atoms with van der Waals surface area (Å²) >= 11 is 0. The summed E-state index contributed by atoms with van der Waals surface area (Å²) in [4.78, 5) is 11.8. The first-order valence-corrected chi connectivity index (χ1v) is 6.77. The minimum Gasteiger partial charge on any atom is -0.479 e. The molecule has 0 aromatic heterocycles. The van der Waals surface area contributed by atoms with Crippen molar-refractivity contribution in [3.05, 3.63) is 66.2 Å². The van der Waals surface area contributed by atoms with Crippen molar-refractivity contribution in [1.82, 2.24) is 0 Å². The molecule has 2 N–H and O–H groups in total. The topological polar surface area (TPSA) is 49.3 Å². The van der Waals surface area contributed by atoms with E-state index in [0.29, 0.717) is 12.8 Å². The van der Waals surface area contributed by atoms with Crippen molar-refractivity contribution in [3.8, 4) is 0 Å². The molecule has 0 heterocycles. The SMILES string of the molecule is CCC(Cc1ccccc1)(Nc1ccccc1)C(=O)O. The Hall–Kier alpha value is -2.29. The Morgan fingerprint density at radius 1 is 1.05 bits per heavy atom. The standard InChI is InChI=1S/C17H19NO2/c1-2-17(16(19)20,13-14-9-5-3-6-10-14)18-15-11-7-4-8-12-15/h3-12,18H,2,13H2,1H3,(H,19,20). The summed E-state index contributed by atoms with van der Waals surface area (Å²) in [6, 6.07) is 19.2. The number of hydrogen-bond acceptors (Lipinski definition) is 2. The van der Waals surface area contributed by atoms with E-state index in [1.54, 1.807) is 0 Å². The molecular formula is C17H19NO2. The normalized spacial score (nSPS) is 13.4. The summed E-state index contributed by atoms with van der Waals surface area (Å²) in [6.07, 6.45) is 0.959. The van der Waals surface area contributed by atoms with Crippen molar-refractivity contribution in [2.45, 2.75) is 25.3 Å². The van der Waals surface area contributed by atoms with Crippen LogP contribution in [0.25, 0.3) is 0 Å². The van der Waals surface area contributed by atoms with E-state index in [1.165, 1.54) is 0 Å². The van der Waals surface area contributed by atoms with E-state index < -0.39 is 11.5 Å². The van der Waals surface area contributed by atoms with Crippen LogP contribution in [-0.2, 0) is 11.2 Å². The van der Waals surface area contributed by atoms with Gasteiger partial charge in [-0.15, -0.1) is 0 Å². The highest BCUT2D eigenvalue weighted by molar-refractivity contribution is 5.83. The molecule has 0 fully saturated rings. The number of para-hydroxylation sites is 1. The van der Waals surface area contributed by atoms with Crippen LogP contribution in [0, 0.1) is 0 Å². The first kappa shape index (κ1) is 14.1. The quantitative estimate of drug-likeness (QED) is 0.842. The summed E-state index contributed by atoms with van der Waals surface area (Å²) in [5.41, 5.74) is 0.857. The summed E-state index contributed by atoms with van der Waals surface area (Å²) in [7, 11) is 0. The highest BCUT2D eigenvalue weighted by atomic mass is 16.4. The first-order chi connectivity index (χ1) is 9.66. The monoisotopic (exact) mass is 269 g/mol. The maximum Gasteiger partial charge on any atom is 0.329 e. The third-order valence-corrected chi connectivity index (χ3v) is 3.52. The van der Waals surface area contributed by atoms with Gasteiger partial charge in [0.2, 0.25) is 0 Å². The average Bonchev–Trinajstić information content (AvgIpc) is 2.48. The van der Waals surface area contributed by atoms with E-state index >= 15 is 0 Å². The number of carboxylic acid groups (broad SMARTS) is 1. The van der Waals surface area contributed by atoms with Gasteiger partial charge in [0.15, 0.2) is 0 Å². The number of carboxylic acids is 1. The molecule has 0 spiro atoms. The van der Waals surface area contributed by atoms with Crippen LogP contribution in [0.3, 0.4) is 0 Å². The van der Waals surface area contributed by atoms with Crippen LogP contribution in [0.1, 0.15) is 18.9 Å². The van der Waals surface area contributed by atoms with E-state index in [0.717, 1.165) is 11.3 Å². The molecule has 104 valence electrons. The smallest absolute Gasteiger partial charge is 0.329 e. The molecule has 0 bridgehead atoms. The molecule has 1 atom stereocenters. The van der Waals surface area contributed by atoms with Crippen LogP contribution in [0.4, 0.5) is 5.69 Å². The van der Waals surface area contributed by atoms with Crippen molar-refractivity contribution in [1.29, 1.82) is 0 Å². The minimum atomic E-state index is -0.983. The molecule has 0 aliphatic heterocycles. The molecule has 3 nitrogen and oxygen atoms in total. The molecule has 1 unspecified atom stereocenters. The van der Waals surface area contributed by atoms with E-state index in [1.807, 2.05) is 67.6 Å². The van der Waals surface area contributed by atoms with Crippen molar-refractivity contribution < 1.29 is 9.90 Å². The van der Waals surface area contributed by atoms with Crippen LogP contribution in [0.15, 0.2) is 60.7 Å². The molecular weight excluding hydrogens is 250 g/mol. The molecule has 0 radical (unpaired) electrons. The minimum absolute atomic E-state index is 0.453. The molecule has 0 amide bonds. The second-order valence-electron chi connectivity index (χ2n) is 4.89. The van der Waals surface area contributed by atoms with Gasteiger partial charge in [-0.1, -0.05) is 55.5 Å². The van der Waals surface area contributed by atoms with Crippen molar-refractivity contribution >= 4 is 11.7 Å².